The lowest BCUT2D eigenvalue weighted by Gasteiger charge is -2.15. The second kappa shape index (κ2) is 11.9. The van der Waals surface area contributed by atoms with Gasteiger partial charge in [-0.3, -0.25) is 4.98 Å². The number of ether oxygens (including phenoxy) is 4. The maximum atomic E-state index is 14.8. The number of anilines is 2. The van der Waals surface area contributed by atoms with Crippen molar-refractivity contribution in [2.75, 3.05) is 32.0 Å². The van der Waals surface area contributed by atoms with Gasteiger partial charge in [-0.25, -0.2) is 27.6 Å². The van der Waals surface area contributed by atoms with Gasteiger partial charge in [-0.15, -0.1) is 11.3 Å². The summed E-state index contributed by atoms with van der Waals surface area (Å²) in [6.45, 7) is -0.502. The molecule has 0 saturated carbocycles. The Hall–Kier alpha value is -4.85. The van der Waals surface area contributed by atoms with Gasteiger partial charge in [0.05, 0.1) is 43.8 Å². The fourth-order valence-corrected chi connectivity index (χ4v) is 4.60. The summed E-state index contributed by atoms with van der Waals surface area (Å²) in [6.07, 6.45) is 1.41. The molecule has 0 saturated heterocycles. The summed E-state index contributed by atoms with van der Waals surface area (Å²) in [5.41, 5.74) is -0.709. The van der Waals surface area contributed by atoms with Crippen LogP contribution in [-0.4, -0.2) is 44.3 Å². The highest BCUT2D eigenvalue weighted by Crippen LogP contribution is 2.35. The lowest BCUT2D eigenvalue weighted by molar-refractivity contribution is 0.0561. The van der Waals surface area contributed by atoms with Gasteiger partial charge < -0.3 is 29.6 Å². The SMILES string of the molecule is COC(=O)c1scc(NC(=O)Nc2cc(OCc3c(F)c(F)cc4cccnc34)c(OC)cc2F)c1C(=O)OC. The smallest absolute Gasteiger partial charge is 0.349 e. The molecule has 0 aliphatic rings. The number of carbonyl (C=O) groups excluding carboxylic acids is 3. The van der Waals surface area contributed by atoms with Crippen LogP contribution < -0.4 is 20.1 Å². The first-order valence-corrected chi connectivity index (χ1v) is 12.1. The zero-order valence-electron chi connectivity index (χ0n) is 21.1. The van der Waals surface area contributed by atoms with Crippen LogP contribution in [0.15, 0.2) is 41.9 Å². The molecule has 0 fully saturated rings. The molecule has 10 nitrogen and oxygen atoms in total. The number of carbonyl (C=O) groups is 3. The van der Waals surface area contributed by atoms with Crippen molar-refractivity contribution in [3.05, 3.63) is 75.4 Å². The standard InChI is InChI=1S/C26H20F3N3O7S/c1-36-18-8-14(27)16(31-26(35)32-17-11-40-23(25(34)38-3)20(17)24(33)37-2)9-19(18)39-10-13-21(29)15(28)7-12-5-4-6-30-22(12)13/h4-9,11H,10H2,1-3H3,(H2,31,32,35). The third kappa shape index (κ3) is 5.61. The summed E-state index contributed by atoms with van der Waals surface area (Å²) in [4.78, 5) is 40.9. The van der Waals surface area contributed by atoms with Crippen LogP contribution >= 0.6 is 11.3 Å². The van der Waals surface area contributed by atoms with Gasteiger partial charge in [0.25, 0.3) is 0 Å². The van der Waals surface area contributed by atoms with E-state index in [9.17, 15) is 27.6 Å². The zero-order chi connectivity index (χ0) is 29.0. The van der Waals surface area contributed by atoms with Crippen LogP contribution in [0.4, 0.5) is 29.3 Å². The van der Waals surface area contributed by atoms with E-state index in [-0.39, 0.29) is 44.4 Å². The summed E-state index contributed by atoms with van der Waals surface area (Å²) < 4.78 is 63.6. The minimum absolute atomic E-state index is 0.0823. The third-order valence-electron chi connectivity index (χ3n) is 5.55. The summed E-state index contributed by atoms with van der Waals surface area (Å²) >= 11 is 0.828. The van der Waals surface area contributed by atoms with E-state index in [1.807, 2.05) is 0 Å². The van der Waals surface area contributed by atoms with Gasteiger partial charge in [0.15, 0.2) is 29.0 Å². The Labute approximate surface area is 228 Å². The largest absolute Gasteiger partial charge is 0.493 e. The monoisotopic (exact) mass is 575 g/mol. The second-order valence-electron chi connectivity index (χ2n) is 7.91. The second-order valence-corrected chi connectivity index (χ2v) is 8.79. The Bertz CT molecular complexity index is 1630. The van der Waals surface area contributed by atoms with Gasteiger partial charge in [0.2, 0.25) is 0 Å². The Kier molecular flexibility index (Phi) is 8.38. The number of esters is 2. The van der Waals surface area contributed by atoms with E-state index in [2.05, 4.69) is 25.1 Å². The maximum Gasteiger partial charge on any atom is 0.349 e. The molecule has 4 aromatic rings. The number of aromatic nitrogens is 1. The number of amides is 2. The maximum absolute atomic E-state index is 14.8. The van der Waals surface area contributed by atoms with Crippen molar-refractivity contribution in [1.82, 2.24) is 4.98 Å². The van der Waals surface area contributed by atoms with Crippen LogP contribution in [0.1, 0.15) is 25.6 Å². The van der Waals surface area contributed by atoms with E-state index >= 15 is 0 Å². The number of hydrogen-bond acceptors (Lipinski definition) is 9. The van der Waals surface area contributed by atoms with Crippen molar-refractivity contribution >= 4 is 51.6 Å². The average molecular weight is 576 g/mol. The first kappa shape index (κ1) is 28.2. The molecular weight excluding hydrogens is 555 g/mol. The number of rotatable bonds is 8. The number of nitrogens with one attached hydrogen (secondary N) is 2. The van der Waals surface area contributed by atoms with Crippen LogP contribution in [0.2, 0.25) is 0 Å². The molecule has 2 N–H and O–H groups in total. The normalized spacial score (nSPS) is 10.7. The third-order valence-corrected chi connectivity index (χ3v) is 6.51. The zero-order valence-corrected chi connectivity index (χ0v) is 21.9. The number of fused-ring (bicyclic) bond motifs is 1. The summed E-state index contributed by atoms with van der Waals surface area (Å²) in [6, 6.07) is 5.14. The first-order valence-electron chi connectivity index (χ1n) is 11.3. The van der Waals surface area contributed by atoms with Crippen LogP contribution in [0.3, 0.4) is 0 Å². The topological polar surface area (TPSA) is 125 Å². The molecule has 2 heterocycles. The Morgan fingerprint density at radius 1 is 0.925 bits per heavy atom. The Morgan fingerprint density at radius 3 is 2.35 bits per heavy atom. The number of halogens is 3. The van der Waals surface area contributed by atoms with Gasteiger partial charge >= 0.3 is 18.0 Å². The van der Waals surface area contributed by atoms with E-state index in [1.165, 1.54) is 18.7 Å². The van der Waals surface area contributed by atoms with E-state index in [0.717, 1.165) is 43.8 Å². The molecule has 0 aliphatic heterocycles. The molecule has 0 unspecified atom stereocenters. The predicted molar refractivity (Wildman–Crippen MR) is 139 cm³/mol. The first-order chi connectivity index (χ1) is 19.2. The van der Waals surface area contributed by atoms with Crippen molar-refractivity contribution in [2.24, 2.45) is 0 Å². The molecule has 40 heavy (non-hydrogen) atoms. The van der Waals surface area contributed by atoms with Gasteiger partial charge in [-0.2, -0.15) is 0 Å². The van der Waals surface area contributed by atoms with Crippen molar-refractivity contribution in [2.45, 2.75) is 6.61 Å². The lowest BCUT2D eigenvalue weighted by Crippen LogP contribution is -2.22. The van der Waals surface area contributed by atoms with Gasteiger partial charge in [-0.1, -0.05) is 6.07 Å². The molecule has 2 aromatic heterocycles. The average Bonchev–Trinajstić information content (AvgIpc) is 3.36. The Balaban J connectivity index is 1.59. The number of hydrogen-bond donors (Lipinski definition) is 2. The van der Waals surface area contributed by atoms with Gasteiger partial charge in [0, 0.05) is 29.1 Å². The predicted octanol–water partition coefficient (Wildman–Crippen LogP) is 5.52. The summed E-state index contributed by atoms with van der Waals surface area (Å²) in [5, 5.41) is 6.27. The molecule has 4 rings (SSSR count). The minimum atomic E-state index is -1.16. The number of nitrogens with zero attached hydrogens (tertiary/aromatic N) is 1. The van der Waals surface area contributed by atoms with E-state index in [4.69, 9.17) is 9.47 Å². The number of urea groups is 1. The van der Waals surface area contributed by atoms with E-state index in [0.29, 0.717) is 5.39 Å². The number of thiophene rings is 1. The highest BCUT2D eigenvalue weighted by molar-refractivity contribution is 7.13. The molecule has 0 spiro atoms. The van der Waals surface area contributed by atoms with Crippen LogP contribution in [0.5, 0.6) is 11.5 Å². The van der Waals surface area contributed by atoms with E-state index in [1.54, 1.807) is 12.1 Å². The molecule has 2 amide bonds. The molecule has 0 radical (unpaired) electrons. The van der Waals surface area contributed by atoms with Crippen molar-refractivity contribution in [3.8, 4) is 11.5 Å². The van der Waals surface area contributed by atoms with E-state index < -0.39 is 42.0 Å². The summed E-state index contributed by atoms with van der Waals surface area (Å²) in [5.74, 6) is -5.10. The molecule has 0 aliphatic carbocycles. The fourth-order valence-electron chi connectivity index (χ4n) is 3.69. The van der Waals surface area contributed by atoms with Gasteiger partial charge in [-0.05, 0) is 12.1 Å². The molecular formula is C26H20F3N3O7S. The number of pyridine rings is 1. The lowest BCUT2D eigenvalue weighted by atomic mass is 10.1. The molecule has 14 heteroatoms. The number of benzene rings is 2. The molecule has 208 valence electrons. The molecule has 0 bridgehead atoms. The van der Waals surface area contributed by atoms with Crippen LogP contribution in [0, 0.1) is 17.5 Å². The summed E-state index contributed by atoms with van der Waals surface area (Å²) in [7, 11) is 3.45. The van der Waals surface area contributed by atoms with Crippen LogP contribution in [0.25, 0.3) is 10.9 Å². The molecule has 2 aromatic carbocycles. The van der Waals surface area contributed by atoms with Crippen molar-refractivity contribution in [1.29, 1.82) is 0 Å². The number of methoxy groups -OCH3 is 3. The van der Waals surface area contributed by atoms with Gasteiger partial charge in [0.1, 0.15) is 17.0 Å². The van der Waals surface area contributed by atoms with Crippen molar-refractivity contribution in [3.63, 3.8) is 0 Å². The highest BCUT2D eigenvalue weighted by Gasteiger charge is 2.26. The quantitative estimate of drug-likeness (QED) is 0.263. The Morgan fingerprint density at radius 2 is 1.65 bits per heavy atom. The fraction of sp³-hybridized carbons (Fsp3) is 0.154. The van der Waals surface area contributed by atoms with Crippen molar-refractivity contribution < 1.29 is 46.5 Å². The molecule has 0 atom stereocenters. The minimum Gasteiger partial charge on any atom is -0.493 e. The highest BCUT2D eigenvalue weighted by atomic mass is 32.1. The van der Waals surface area contributed by atoms with Crippen LogP contribution in [-0.2, 0) is 16.1 Å².